The first-order valence-corrected chi connectivity index (χ1v) is 5.64. The number of hydrogen-bond donors (Lipinski definition) is 0. The van der Waals surface area contributed by atoms with Crippen molar-refractivity contribution in [1.82, 2.24) is 3.97 Å². The van der Waals surface area contributed by atoms with E-state index >= 15 is 0 Å². The summed E-state index contributed by atoms with van der Waals surface area (Å²) in [5.41, 5.74) is 0. The SMILES string of the molecule is CCCCCS(=O)n1cccc1. The molecule has 0 spiro atoms. The molecule has 0 amide bonds. The quantitative estimate of drug-likeness (QED) is 0.644. The van der Waals surface area contributed by atoms with Crippen LogP contribution in [-0.4, -0.2) is 13.9 Å². The molecule has 0 aliphatic heterocycles. The van der Waals surface area contributed by atoms with Gasteiger partial charge in [-0.15, -0.1) is 0 Å². The molecule has 0 aliphatic carbocycles. The topological polar surface area (TPSA) is 22.0 Å². The second-order valence-corrected chi connectivity index (χ2v) is 4.25. The van der Waals surface area contributed by atoms with Gasteiger partial charge in [-0.25, -0.2) is 4.21 Å². The van der Waals surface area contributed by atoms with Crippen LogP contribution >= 0.6 is 0 Å². The minimum absolute atomic E-state index is 0.780. The third kappa shape index (κ3) is 2.81. The van der Waals surface area contributed by atoms with Gasteiger partial charge in [0.05, 0.1) is 0 Å². The average Bonchev–Trinajstić information content (AvgIpc) is 2.56. The minimum atomic E-state index is -0.837. The number of unbranched alkanes of at least 4 members (excludes halogenated alkanes) is 2. The smallest absolute Gasteiger partial charge is 0.123 e. The minimum Gasteiger partial charge on any atom is -0.275 e. The zero-order chi connectivity index (χ0) is 8.81. The molecule has 3 heteroatoms. The standard InChI is InChI=1S/C9H15NOS/c1-2-3-6-9-12(11)10-7-4-5-8-10/h4-5,7-8H,2-3,6,9H2,1H3. The van der Waals surface area contributed by atoms with Crippen molar-refractivity contribution in [3.8, 4) is 0 Å². The van der Waals surface area contributed by atoms with Crippen molar-refractivity contribution in [3.63, 3.8) is 0 Å². The lowest BCUT2D eigenvalue weighted by atomic mass is 10.3. The highest BCUT2D eigenvalue weighted by molar-refractivity contribution is 7.83. The van der Waals surface area contributed by atoms with Crippen LogP contribution in [0.15, 0.2) is 24.5 Å². The summed E-state index contributed by atoms with van der Waals surface area (Å²) in [4.78, 5) is 0. The predicted octanol–water partition coefficient (Wildman–Crippen LogP) is 2.19. The Morgan fingerprint density at radius 2 is 1.92 bits per heavy atom. The third-order valence-corrected chi connectivity index (χ3v) is 3.09. The van der Waals surface area contributed by atoms with Crippen molar-refractivity contribution in [2.45, 2.75) is 26.2 Å². The van der Waals surface area contributed by atoms with Gasteiger partial charge in [0.25, 0.3) is 0 Å². The number of rotatable bonds is 5. The fourth-order valence-corrected chi connectivity index (χ4v) is 2.11. The van der Waals surface area contributed by atoms with Gasteiger partial charge in [-0.2, -0.15) is 0 Å². The van der Waals surface area contributed by atoms with E-state index in [9.17, 15) is 4.21 Å². The van der Waals surface area contributed by atoms with Crippen LogP contribution in [-0.2, 0) is 11.0 Å². The van der Waals surface area contributed by atoms with E-state index in [2.05, 4.69) is 6.92 Å². The Bertz CT molecular complexity index is 231. The highest BCUT2D eigenvalue weighted by atomic mass is 32.2. The average molecular weight is 185 g/mol. The fraction of sp³-hybridized carbons (Fsp3) is 0.556. The van der Waals surface area contributed by atoms with Crippen molar-refractivity contribution < 1.29 is 4.21 Å². The molecule has 0 bridgehead atoms. The largest absolute Gasteiger partial charge is 0.275 e. The number of aromatic nitrogens is 1. The lowest BCUT2D eigenvalue weighted by Crippen LogP contribution is -2.05. The van der Waals surface area contributed by atoms with Gasteiger partial charge in [0, 0.05) is 18.1 Å². The Kier molecular flexibility index (Phi) is 4.08. The zero-order valence-electron chi connectivity index (χ0n) is 7.40. The van der Waals surface area contributed by atoms with Crippen LogP contribution in [0.25, 0.3) is 0 Å². The summed E-state index contributed by atoms with van der Waals surface area (Å²) in [7, 11) is -0.837. The van der Waals surface area contributed by atoms with Gasteiger partial charge in [0.2, 0.25) is 0 Å². The monoisotopic (exact) mass is 185 g/mol. The molecule has 1 heterocycles. The first-order chi connectivity index (χ1) is 5.84. The Morgan fingerprint density at radius 3 is 2.50 bits per heavy atom. The molecule has 0 saturated heterocycles. The molecule has 0 aromatic carbocycles. The predicted molar refractivity (Wildman–Crippen MR) is 52.4 cm³/mol. The van der Waals surface area contributed by atoms with Crippen molar-refractivity contribution in [2.75, 3.05) is 5.75 Å². The van der Waals surface area contributed by atoms with Crippen molar-refractivity contribution in [3.05, 3.63) is 24.5 Å². The molecule has 12 heavy (non-hydrogen) atoms. The van der Waals surface area contributed by atoms with Gasteiger partial charge in [-0.3, -0.25) is 3.97 Å². The van der Waals surface area contributed by atoms with E-state index in [4.69, 9.17) is 0 Å². The summed E-state index contributed by atoms with van der Waals surface area (Å²) in [6, 6.07) is 3.80. The summed E-state index contributed by atoms with van der Waals surface area (Å²) in [6.45, 7) is 2.15. The summed E-state index contributed by atoms with van der Waals surface area (Å²) >= 11 is 0. The maximum Gasteiger partial charge on any atom is 0.123 e. The lowest BCUT2D eigenvalue weighted by Gasteiger charge is -2.01. The molecule has 1 aromatic heterocycles. The van der Waals surface area contributed by atoms with Crippen LogP contribution in [0.5, 0.6) is 0 Å². The molecule has 1 rings (SSSR count). The van der Waals surface area contributed by atoms with Crippen LogP contribution in [0, 0.1) is 0 Å². The van der Waals surface area contributed by atoms with Crippen molar-refractivity contribution in [1.29, 1.82) is 0 Å². The summed E-state index contributed by atoms with van der Waals surface area (Å²) in [5.74, 6) is 0.780. The maximum atomic E-state index is 11.5. The fourth-order valence-electron chi connectivity index (χ4n) is 1.04. The molecule has 1 aromatic rings. The van der Waals surface area contributed by atoms with Gasteiger partial charge in [-0.05, 0) is 18.6 Å². The van der Waals surface area contributed by atoms with Crippen LogP contribution in [0.4, 0.5) is 0 Å². The van der Waals surface area contributed by atoms with E-state index < -0.39 is 11.0 Å². The highest BCUT2D eigenvalue weighted by Crippen LogP contribution is 1.99. The molecule has 1 unspecified atom stereocenters. The van der Waals surface area contributed by atoms with Gasteiger partial charge >= 0.3 is 0 Å². The second-order valence-electron chi connectivity index (χ2n) is 2.78. The Hall–Kier alpha value is -0.570. The zero-order valence-corrected chi connectivity index (χ0v) is 8.22. The van der Waals surface area contributed by atoms with Gasteiger partial charge < -0.3 is 0 Å². The van der Waals surface area contributed by atoms with E-state index in [1.165, 1.54) is 12.8 Å². The first-order valence-electron chi connectivity index (χ1n) is 4.36. The molecule has 0 fully saturated rings. The maximum absolute atomic E-state index is 11.5. The van der Waals surface area contributed by atoms with Crippen LogP contribution < -0.4 is 0 Å². The summed E-state index contributed by atoms with van der Waals surface area (Å²) in [6.07, 6.45) is 7.11. The molecule has 0 saturated carbocycles. The van der Waals surface area contributed by atoms with Crippen LogP contribution in [0.1, 0.15) is 26.2 Å². The van der Waals surface area contributed by atoms with E-state index in [-0.39, 0.29) is 0 Å². The van der Waals surface area contributed by atoms with Crippen LogP contribution in [0.2, 0.25) is 0 Å². The Balaban J connectivity index is 2.30. The molecule has 1 atom stereocenters. The molecule has 2 nitrogen and oxygen atoms in total. The highest BCUT2D eigenvalue weighted by Gasteiger charge is 1.98. The summed E-state index contributed by atoms with van der Waals surface area (Å²) < 4.78 is 13.2. The molecule has 0 aliphatic rings. The summed E-state index contributed by atoms with van der Waals surface area (Å²) in [5, 5.41) is 0. The van der Waals surface area contributed by atoms with Crippen molar-refractivity contribution in [2.24, 2.45) is 0 Å². The van der Waals surface area contributed by atoms with Crippen molar-refractivity contribution >= 4 is 11.0 Å². The molecule has 68 valence electrons. The number of hydrogen-bond acceptors (Lipinski definition) is 1. The molecular weight excluding hydrogens is 170 g/mol. The first kappa shape index (κ1) is 9.52. The van der Waals surface area contributed by atoms with Crippen LogP contribution in [0.3, 0.4) is 0 Å². The number of nitrogens with zero attached hydrogens (tertiary/aromatic N) is 1. The normalized spacial score (nSPS) is 13.1. The molecular formula is C9H15NOS. The van der Waals surface area contributed by atoms with Gasteiger partial charge in [0.1, 0.15) is 11.0 Å². The van der Waals surface area contributed by atoms with Gasteiger partial charge in [-0.1, -0.05) is 19.8 Å². The van der Waals surface area contributed by atoms with Gasteiger partial charge in [0.15, 0.2) is 0 Å². The molecule has 0 radical (unpaired) electrons. The van der Waals surface area contributed by atoms with E-state index in [0.717, 1.165) is 12.2 Å². The van der Waals surface area contributed by atoms with E-state index in [1.807, 2.05) is 24.5 Å². The second kappa shape index (κ2) is 5.14. The third-order valence-electron chi connectivity index (χ3n) is 1.73. The van der Waals surface area contributed by atoms with E-state index in [1.54, 1.807) is 3.97 Å². The Morgan fingerprint density at radius 1 is 1.25 bits per heavy atom. The lowest BCUT2D eigenvalue weighted by molar-refractivity contribution is 0.670. The Labute approximate surface area is 76.2 Å². The van der Waals surface area contributed by atoms with E-state index in [0.29, 0.717) is 0 Å². The molecule has 0 N–H and O–H groups in total.